The summed E-state index contributed by atoms with van der Waals surface area (Å²) in [5.41, 5.74) is 0.624. The minimum atomic E-state index is -3.48. The zero-order valence-electron chi connectivity index (χ0n) is 12.3. The molecule has 1 aromatic carbocycles. The van der Waals surface area contributed by atoms with Crippen LogP contribution < -0.4 is 10.0 Å². The lowest BCUT2D eigenvalue weighted by atomic mass is 10.0. The summed E-state index contributed by atoms with van der Waals surface area (Å²) in [7, 11) is -2.06. The molecule has 114 valence electrons. The Balaban J connectivity index is 2.39. The van der Waals surface area contributed by atoms with Crippen LogP contribution in [0.4, 0.5) is 5.69 Å². The second-order valence-electron chi connectivity index (χ2n) is 5.09. The third kappa shape index (κ3) is 3.64. The Morgan fingerprint density at radius 2 is 1.81 bits per heavy atom. The van der Waals surface area contributed by atoms with Crippen molar-refractivity contribution in [3.05, 3.63) is 46.7 Å². The average Bonchev–Trinajstić information content (AvgIpc) is 2.98. The minimum Gasteiger partial charge on any atom is -0.376 e. The van der Waals surface area contributed by atoms with Crippen LogP contribution >= 0.6 is 11.3 Å². The molecule has 0 saturated heterocycles. The largest absolute Gasteiger partial charge is 0.376 e. The number of benzene rings is 1. The SMILES string of the molecule is CNS(=O)(=O)c1ccccc1NC(c1cccs1)C(C)C. The van der Waals surface area contributed by atoms with Crippen LogP contribution in [0.25, 0.3) is 0 Å². The second kappa shape index (κ2) is 6.60. The van der Waals surface area contributed by atoms with E-state index in [4.69, 9.17) is 0 Å². The number of para-hydroxylation sites is 1. The highest BCUT2D eigenvalue weighted by atomic mass is 32.2. The van der Waals surface area contributed by atoms with E-state index in [9.17, 15) is 8.42 Å². The first-order valence-electron chi connectivity index (χ1n) is 6.78. The Morgan fingerprint density at radius 3 is 2.38 bits per heavy atom. The van der Waals surface area contributed by atoms with Crippen LogP contribution in [0.3, 0.4) is 0 Å². The van der Waals surface area contributed by atoms with Gasteiger partial charge in [0.15, 0.2) is 0 Å². The van der Waals surface area contributed by atoms with Gasteiger partial charge in [0.2, 0.25) is 10.0 Å². The highest BCUT2D eigenvalue weighted by Gasteiger charge is 2.21. The van der Waals surface area contributed by atoms with Gasteiger partial charge in [-0.25, -0.2) is 13.1 Å². The molecular weight excluding hydrogens is 304 g/mol. The highest BCUT2D eigenvalue weighted by molar-refractivity contribution is 7.89. The molecule has 2 rings (SSSR count). The monoisotopic (exact) mass is 324 g/mol. The first-order valence-corrected chi connectivity index (χ1v) is 9.14. The molecule has 0 aliphatic heterocycles. The summed E-state index contributed by atoms with van der Waals surface area (Å²) < 4.78 is 26.6. The van der Waals surface area contributed by atoms with E-state index in [0.29, 0.717) is 11.6 Å². The standard InChI is InChI=1S/C15H20N2O2S2/c1-11(2)15(13-8-6-10-20-13)17-12-7-4-5-9-14(12)21(18,19)16-3/h4-11,15-17H,1-3H3. The molecular formula is C15H20N2O2S2. The zero-order valence-corrected chi connectivity index (χ0v) is 14.0. The van der Waals surface area contributed by atoms with Crippen molar-refractivity contribution in [3.63, 3.8) is 0 Å². The molecule has 21 heavy (non-hydrogen) atoms. The Kier molecular flexibility index (Phi) is 5.03. The van der Waals surface area contributed by atoms with Gasteiger partial charge in [-0.2, -0.15) is 0 Å². The van der Waals surface area contributed by atoms with Crippen molar-refractivity contribution in [2.45, 2.75) is 24.8 Å². The lowest BCUT2D eigenvalue weighted by Gasteiger charge is -2.24. The third-order valence-corrected chi connectivity index (χ3v) is 5.70. The van der Waals surface area contributed by atoms with E-state index in [0.717, 1.165) is 0 Å². The second-order valence-corrected chi connectivity index (χ2v) is 7.92. The van der Waals surface area contributed by atoms with Crippen molar-refractivity contribution >= 4 is 27.0 Å². The lowest BCUT2D eigenvalue weighted by molar-refractivity contribution is 0.551. The predicted octanol–water partition coefficient (Wildman–Crippen LogP) is 3.47. The maximum absolute atomic E-state index is 12.1. The Morgan fingerprint density at radius 1 is 1.10 bits per heavy atom. The molecule has 1 unspecified atom stereocenters. The average molecular weight is 324 g/mol. The van der Waals surface area contributed by atoms with Crippen LogP contribution in [-0.4, -0.2) is 15.5 Å². The highest BCUT2D eigenvalue weighted by Crippen LogP contribution is 2.32. The van der Waals surface area contributed by atoms with Crippen molar-refractivity contribution < 1.29 is 8.42 Å². The van der Waals surface area contributed by atoms with E-state index >= 15 is 0 Å². The molecule has 0 radical (unpaired) electrons. The van der Waals surface area contributed by atoms with E-state index in [1.54, 1.807) is 29.5 Å². The van der Waals surface area contributed by atoms with Gasteiger partial charge in [0.05, 0.1) is 11.7 Å². The summed E-state index contributed by atoms with van der Waals surface area (Å²) >= 11 is 1.67. The molecule has 1 heterocycles. The molecule has 1 aromatic heterocycles. The van der Waals surface area contributed by atoms with Crippen LogP contribution in [-0.2, 0) is 10.0 Å². The number of hydrogen-bond donors (Lipinski definition) is 2. The van der Waals surface area contributed by atoms with E-state index in [1.807, 2.05) is 17.5 Å². The molecule has 0 bridgehead atoms. The molecule has 2 N–H and O–H groups in total. The number of hydrogen-bond acceptors (Lipinski definition) is 4. The van der Waals surface area contributed by atoms with Gasteiger partial charge < -0.3 is 5.32 Å². The van der Waals surface area contributed by atoms with Gasteiger partial charge in [0, 0.05) is 4.88 Å². The van der Waals surface area contributed by atoms with Crippen LogP contribution in [0.2, 0.25) is 0 Å². The van der Waals surface area contributed by atoms with Crippen molar-refractivity contribution in [1.29, 1.82) is 0 Å². The van der Waals surface area contributed by atoms with Gasteiger partial charge in [0.1, 0.15) is 4.90 Å². The normalized spacial score (nSPS) is 13.3. The zero-order chi connectivity index (χ0) is 15.5. The Hall–Kier alpha value is -1.37. The fraction of sp³-hybridized carbons (Fsp3) is 0.333. The molecule has 6 heteroatoms. The molecule has 0 fully saturated rings. The first-order chi connectivity index (χ1) is 9.95. The summed E-state index contributed by atoms with van der Waals surface area (Å²) in [6.07, 6.45) is 0. The van der Waals surface area contributed by atoms with E-state index < -0.39 is 10.0 Å². The quantitative estimate of drug-likeness (QED) is 0.855. The molecule has 4 nitrogen and oxygen atoms in total. The molecule has 1 atom stereocenters. The van der Waals surface area contributed by atoms with E-state index in [-0.39, 0.29) is 10.9 Å². The number of nitrogens with one attached hydrogen (secondary N) is 2. The van der Waals surface area contributed by atoms with Gasteiger partial charge in [-0.3, -0.25) is 0 Å². The van der Waals surface area contributed by atoms with Crippen molar-refractivity contribution in [2.75, 3.05) is 12.4 Å². The van der Waals surface area contributed by atoms with Crippen LogP contribution in [0.5, 0.6) is 0 Å². The summed E-state index contributed by atoms with van der Waals surface area (Å²) in [5.74, 6) is 0.342. The van der Waals surface area contributed by atoms with E-state index in [1.165, 1.54) is 11.9 Å². The summed E-state index contributed by atoms with van der Waals surface area (Å²) in [6, 6.07) is 11.1. The number of thiophene rings is 1. The predicted molar refractivity (Wildman–Crippen MR) is 88.2 cm³/mol. The molecule has 0 aliphatic rings. The lowest BCUT2D eigenvalue weighted by Crippen LogP contribution is -2.22. The maximum atomic E-state index is 12.1. The van der Waals surface area contributed by atoms with Crippen LogP contribution in [0.1, 0.15) is 24.8 Å². The van der Waals surface area contributed by atoms with E-state index in [2.05, 4.69) is 30.0 Å². The summed E-state index contributed by atoms with van der Waals surface area (Å²) in [5, 5.41) is 5.41. The van der Waals surface area contributed by atoms with Gasteiger partial charge in [-0.15, -0.1) is 11.3 Å². The van der Waals surface area contributed by atoms with Gasteiger partial charge in [0.25, 0.3) is 0 Å². The van der Waals surface area contributed by atoms with Crippen molar-refractivity contribution in [1.82, 2.24) is 4.72 Å². The van der Waals surface area contributed by atoms with Gasteiger partial charge >= 0.3 is 0 Å². The molecule has 0 aliphatic carbocycles. The minimum absolute atomic E-state index is 0.0817. The van der Waals surface area contributed by atoms with Crippen LogP contribution in [0.15, 0.2) is 46.7 Å². The number of anilines is 1. The number of rotatable bonds is 6. The van der Waals surface area contributed by atoms with Crippen LogP contribution in [0, 0.1) is 5.92 Å². The fourth-order valence-electron chi connectivity index (χ4n) is 2.13. The summed E-state index contributed by atoms with van der Waals surface area (Å²) in [6.45, 7) is 4.24. The van der Waals surface area contributed by atoms with Crippen molar-refractivity contribution in [2.24, 2.45) is 5.92 Å². The molecule has 0 amide bonds. The first kappa shape index (κ1) is 16.0. The maximum Gasteiger partial charge on any atom is 0.242 e. The van der Waals surface area contributed by atoms with Crippen molar-refractivity contribution in [3.8, 4) is 0 Å². The molecule has 0 spiro atoms. The molecule has 0 saturated carbocycles. The fourth-order valence-corrected chi connectivity index (χ4v) is 3.98. The van der Waals surface area contributed by atoms with Gasteiger partial charge in [-0.1, -0.05) is 32.0 Å². The number of sulfonamides is 1. The summed E-state index contributed by atoms with van der Waals surface area (Å²) in [4.78, 5) is 1.47. The van der Waals surface area contributed by atoms with Gasteiger partial charge in [-0.05, 0) is 36.5 Å². The topological polar surface area (TPSA) is 58.2 Å². The molecule has 2 aromatic rings. The third-order valence-electron chi connectivity index (χ3n) is 3.27. The smallest absolute Gasteiger partial charge is 0.242 e. The Bertz CT molecular complexity index is 679. The Labute approximate surface area is 130 Å².